The van der Waals surface area contributed by atoms with Gasteiger partial charge >= 0.3 is 18.3 Å². The lowest BCUT2D eigenvalue weighted by atomic mass is 9.84. The van der Waals surface area contributed by atoms with Gasteiger partial charge < -0.3 is 5.11 Å². The van der Waals surface area contributed by atoms with Crippen LogP contribution in [0, 0.1) is 5.41 Å². The Hall–Kier alpha value is -1.07. The number of carboxylic acids is 1. The molecule has 15 heavy (non-hydrogen) atoms. The van der Waals surface area contributed by atoms with Crippen LogP contribution in [-0.2, 0) is 4.79 Å². The van der Waals surface area contributed by atoms with Crippen LogP contribution in [-0.4, -0.2) is 23.4 Å². The zero-order valence-electron chi connectivity index (χ0n) is 8.52. The van der Waals surface area contributed by atoms with Gasteiger partial charge in [0.25, 0.3) is 0 Å². The predicted octanol–water partition coefficient (Wildman–Crippen LogP) is 2.94. The Morgan fingerprint density at radius 1 is 1.33 bits per heavy atom. The van der Waals surface area contributed by atoms with Gasteiger partial charge in [-0.05, 0) is 6.92 Å². The Kier molecular flexibility index (Phi) is 3.90. The zero-order chi connectivity index (χ0) is 12.4. The molecule has 2 nitrogen and oxygen atoms in total. The molecular weight excluding hydrogens is 216 g/mol. The Labute approximate surface area is 84.6 Å². The first kappa shape index (κ1) is 13.9. The Balaban J connectivity index is 5.15. The quantitative estimate of drug-likeness (QED) is 0.593. The minimum atomic E-state index is -4.26. The number of allylic oxidation sites excluding steroid dienone is 1. The van der Waals surface area contributed by atoms with Crippen molar-refractivity contribution in [1.82, 2.24) is 0 Å². The molecule has 0 rings (SSSR count). The molecule has 0 aliphatic heterocycles. The van der Waals surface area contributed by atoms with Gasteiger partial charge in [-0.25, -0.2) is 13.6 Å². The average molecular weight is 228 g/mol. The van der Waals surface area contributed by atoms with E-state index in [1.54, 1.807) is 0 Å². The van der Waals surface area contributed by atoms with Gasteiger partial charge in [0.05, 0.1) is 5.41 Å². The van der Waals surface area contributed by atoms with Crippen molar-refractivity contribution in [3.63, 3.8) is 0 Å². The summed E-state index contributed by atoms with van der Waals surface area (Å²) in [6.45, 7) is 2.81. The number of aliphatic carboxylic acids is 1. The molecule has 0 aromatic heterocycles. The molecule has 0 radical (unpaired) electrons. The van der Waals surface area contributed by atoms with E-state index < -0.39 is 23.7 Å². The van der Waals surface area contributed by atoms with E-state index in [0.717, 1.165) is 20.8 Å². The molecule has 0 spiro atoms. The van der Waals surface area contributed by atoms with E-state index in [0.29, 0.717) is 6.08 Å². The lowest BCUT2D eigenvalue weighted by Crippen LogP contribution is -2.41. The van der Waals surface area contributed by atoms with E-state index in [-0.39, 0.29) is 5.57 Å². The second-order valence-corrected chi connectivity index (χ2v) is 3.78. The van der Waals surface area contributed by atoms with Crippen molar-refractivity contribution in [1.29, 1.82) is 0 Å². The van der Waals surface area contributed by atoms with Gasteiger partial charge in [-0.15, -0.1) is 0 Å². The summed E-state index contributed by atoms with van der Waals surface area (Å²) >= 11 is 0. The lowest BCUT2D eigenvalue weighted by molar-refractivity contribution is -0.181. The van der Waals surface area contributed by atoms with E-state index in [2.05, 4.69) is 0 Å². The molecule has 0 atom stereocenters. The van der Waals surface area contributed by atoms with Gasteiger partial charge in [0.1, 0.15) is 0 Å². The van der Waals surface area contributed by atoms with Crippen LogP contribution in [0.3, 0.4) is 0 Å². The summed E-state index contributed by atoms with van der Waals surface area (Å²) < 4.78 is 50.0. The van der Waals surface area contributed by atoms with Crippen LogP contribution < -0.4 is 0 Å². The van der Waals surface area contributed by atoms with E-state index in [1.807, 2.05) is 0 Å². The Morgan fingerprint density at radius 2 is 1.73 bits per heavy atom. The van der Waals surface area contributed by atoms with Crippen LogP contribution in [0.4, 0.5) is 17.6 Å². The minimum absolute atomic E-state index is 0.389. The largest absolute Gasteiger partial charge is 0.478 e. The molecule has 88 valence electrons. The van der Waals surface area contributed by atoms with Gasteiger partial charge in [-0.2, -0.15) is 8.78 Å². The normalized spacial score (nSPS) is 14.5. The number of halogens is 4. The third kappa shape index (κ3) is 2.94. The molecule has 0 bridgehead atoms. The third-order valence-electron chi connectivity index (χ3n) is 2.05. The molecule has 1 N–H and O–H groups in total. The van der Waals surface area contributed by atoms with Crippen LogP contribution in [0.5, 0.6) is 0 Å². The highest BCUT2D eigenvalue weighted by Gasteiger charge is 2.53. The van der Waals surface area contributed by atoms with E-state index in [1.165, 1.54) is 0 Å². The minimum Gasteiger partial charge on any atom is -0.478 e. The predicted molar refractivity (Wildman–Crippen MR) is 46.1 cm³/mol. The second-order valence-electron chi connectivity index (χ2n) is 3.78. The van der Waals surface area contributed by atoms with Crippen molar-refractivity contribution in [3.05, 3.63) is 11.6 Å². The first-order valence-corrected chi connectivity index (χ1v) is 4.11. The summed E-state index contributed by atoms with van der Waals surface area (Å²) in [6.07, 6.45) is -3.19. The van der Waals surface area contributed by atoms with Crippen molar-refractivity contribution in [2.24, 2.45) is 5.41 Å². The smallest absolute Gasteiger partial charge is 0.330 e. The summed E-state index contributed by atoms with van der Waals surface area (Å²) in [7, 11) is 0. The second kappa shape index (κ2) is 4.20. The Bertz CT molecular complexity index is 282. The van der Waals surface area contributed by atoms with Gasteiger partial charge in [0.2, 0.25) is 0 Å². The van der Waals surface area contributed by atoms with Crippen molar-refractivity contribution >= 4 is 5.97 Å². The topological polar surface area (TPSA) is 37.3 Å². The molecule has 6 heteroatoms. The first-order valence-electron chi connectivity index (χ1n) is 4.11. The number of hydrogen-bond donors (Lipinski definition) is 1. The fraction of sp³-hybridized carbons (Fsp3) is 0.667. The highest BCUT2D eigenvalue weighted by atomic mass is 19.3. The molecule has 0 saturated carbocycles. The summed E-state index contributed by atoms with van der Waals surface area (Å²) in [5, 5.41) is 8.45. The number of carbonyl (C=O) groups is 1. The Morgan fingerprint density at radius 3 is 2.00 bits per heavy atom. The number of carboxylic acid groups (broad SMARTS) is 1. The summed E-state index contributed by atoms with van der Waals surface area (Å²) in [5.41, 5.74) is -2.59. The maximum absolute atomic E-state index is 13.0. The summed E-state index contributed by atoms with van der Waals surface area (Å²) in [6, 6.07) is 0. The molecule has 0 fully saturated rings. The SMILES string of the molecule is CC(=CC(C)(C)C(F)(F)C(F)F)C(=O)O. The summed E-state index contributed by atoms with van der Waals surface area (Å²) in [5.74, 6) is -5.67. The van der Waals surface area contributed by atoms with E-state index >= 15 is 0 Å². The number of rotatable bonds is 4. The third-order valence-corrected chi connectivity index (χ3v) is 2.05. The van der Waals surface area contributed by atoms with Gasteiger partial charge in [-0.3, -0.25) is 0 Å². The van der Waals surface area contributed by atoms with Crippen LogP contribution in [0.25, 0.3) is 0 Å². The van der Waals surface area contributed by atoms with Crippen molar-refractivity contribution < 1.29 is 27.5 Å². The maximum atomic E-state index is 13.0. The summed E-state index contributed by atoms with van der Waals surface area (Å²) in [4.78, 5) is 10.4. The fourth-order valence-corrected chi connectivity index (χ4v) is 0.980. The van der Waals surface area contributed by atoms with E-state index in [9.17, 15) is 22.4 Å². The molecule has 0 heterocycles. The van der Waals surface area contributed by atoms with Crippen LogP contribution in [0.15, 0.2) is 11.6 Å². The molecule has 0 unspecified atom stereocenters. The first-order chi connectivity index (χ1) is 6.52. The van der Waals surface area contributed by atoms with E-state index in [4.69, 9.17) is 5.11 Å². The molecular formula is C9H12F4O2. The van der Waals surface area contributed by atoms with Crippen molar-refractivity contribution in [2.45, 2.75) is 33.1 Å². The van der Waals surface area contributed by atoms with Gasteiger partial charge in [0.15, 0.2) is 0 Å². The molecule has 0 aliphatic carbocycles. The van der Waals surface area contributed by atoms with Crippen molar-refractivity contribution in [3.8, 4) is 0 Å². The zero-order valence-corrected chi connectivity index (χ0v) is 8.52. The lowest BCUT2D eigenvalue weighted by Gasteiger charge is -2.30. The molecule has 0 saturated heterocycles. The average Bonchev–Trinajstić information content (AvgIpc) is 2.02. The highest BCUT2D eigenvalue weighted by molar-refractivity contribution is 5.85. The van der Waals surface area contributed by atoms with Crippen LogP contribution >= 0.6 is 0 Å². The standard InChI is InChI=1S/C9H12F4O2/c1-5(6(14)15)4-8(2,3)9(12,13)7(10)11/h4,7H,1-3H3,(H,14,15). The maximum Gasteiger partial charge on any atom is 0.330 e. The van der Waals surface area contributed by atoms with Crippen LogP contribution in [0.1, 0.15) is 20.8 Å². The fourth-order valence-electron chi connectivity index (χ4n) is 0.980. The molecule has 0 amide bonds. The highest BCUT2D eigenvalue weighted by Crippen LogP contribution is 2.42. The van der Waals surface area contributed by atoms with Crippen molar-refractivity contribution in [2.75, 3.05) is 0 Å². The monoisotopic (exact) mass is 228 g/mol. The molecule has 0 aliphatic rings. The molecule has 0 aromatic rings. The van der Waals surface area contributed by atoms with Gasteiger partial charge in [-0.1, -0.05) is 19.9 Å². The van der Waals surface area contributed by atoms with Crippen LogP contribution in [0.2, 0.25) is 0 Å². The number of hydrogen-bond acceptors (Lipinski definition) is 1. The number of alkyl halides is 4. The molecule has 0 aromatic carbocycles. The van der Waals surface area contributed by atoms with Gasteiger partial charge in [0, 0.05) is 5.57 Å².